The molecule has 1 amide bonds. The van der Waals surface area contributed by atoms with E-state index in [1.165, 1.54) is 23.5 Å². The van der Waals surface area contributed by atoms with Crippen LogP contribution in [0.25, 0.3) is 10.4 Å². The number of thiophene rings is 1. The third kappa shape index (κ3) is 3.30. The van der Waals surface area contributed by atoms with Gasteiger partial charge in [-0.15, -0.1) is 11.3 Å². The molecule has 0 bridgehead atoms. The van der Waals surface area contributed by atoms with Crippen LogP contribution in [0.15, 0.2) is 59.5 Å². The fourth-order valence-corrected chi connectivity index (χ4v) is 6.98. The minimum Gasteiger partial charge on any atom is -0.368 e. The second kappa shape index (κ2) is 7.21. The van der Waals surface area contributed by atoms with Crippen LogP contribution in [0.2, 0.25) is 0 Å². The van der Waals surface area contributed by atoms with Crippen LogP contribution in [0.5, 0.6) is 0 Å². The summed E-state index contributed by atoms with van der Waals surface area (Å²) in [4.78, 5) is 18.8. The molecular weight excluding hydrogens is 423 g/mol. The number of piperazine rings is 1. The van der Waals surface area contributed by atoms with Crippen LogP contribution in [-0.2, 0) is 15.6 Å². The SMILES string of the molecule is O=C(c1cc2c(s1)-c1ccccc1S(=O)(=O)C2)N1CCN(c2ccc(F)cc2)CC1. The molecule has 0 N–H and O–H groups in total. The zero-order valence-electron chi connectivity index (χ0n) is 16.0. The van der Waals surface area contributed by atoms with Crippen LogP contribution in [0.4, 0.5) is 10.1 Å². The Kier molecular flexibility index (Phi) is 4.63. The lowest BCUT2D eigenvalue weighted by Crippen LogP contribution is -2.48. The molecule has 5 nitrogen and oxygen atoms in total. The molecule has 0 saturated carbocycles. The number of hydrogen-bond acceptors (Lipinski definition) is 5. The number of halogens is 1. The van der Waals surface area contributed by atoms with E-state index < -0.39 is 9.84 Å². The molecule has 8 heteroatoms. The third-order valence-corrected chi connectivity index (χ3v) is 8.51. The maximum absolute atomic E-state index is 13.1. The molecular formula is C22H19FN2O3S2. The van der Waals surface area contributed by atoms with E-state index in [1.54, 1.807) is 41.3 Å². The molecule has 154 valence electrons. The highest BCUT2D eigenvalue weighted by Crippen LogP contribution is 2.43. The first-order valence-corrected chi connectivity index (χ1v) is 12.1. The van der Waals surface area contributed by atoms with Crippen molar-refractivity contribution >= 4 is 32.8 Å². The number of amides is 1. The van der Waals surface area contributed by atoms with E-state index in [0.717, 1.165) is 10.6 Å². The predicted octanol–water partition coefficient (Wildman–Crippen LogP) is 3.80. The van der Waals surface area contributed by atoms with Crippen molar-refractivity contribution in [1.29, 1.82) is 0 Å². The van der Waals surface area contributed by atoms with Crippen molar-refractivity contribution in [2.75, 3.05) is 31.1 Å². The van der Waals surface area contributed by atoms with Crippen molar-refractivity contribution in [2.24, 2.45) is 0 Å². The van der Waals surface area contributed by atoms with Gasteiger partial charge in [-0.25, -0.2) is 12.8 Å². The number of fused-ring (bicyclic) bond motifs is 3. The fourth-order valence-electron chi connectivity index (χ4n) is 4.05. The summed E-state index contributed by atoms with van der Waals surface area (Å²) in [7, 11) is -3.39. The van der Waals surface area contributed by atoms with E-state index in [2.05, 4.69) is 4.90 Å². The Bertz CT molecular complexity index is 1230. The fraction of sp³-hybridized carbons (Fsp3) is 0.227. The number of hydrogen-bond donors (Lipinski definition) is 0. The summed E-state index contributed by atoms with van der Waals surface area (Å²) in [6, 6.07) is 15.1. The van der Waals surface area contributed by atoms with Crippen LogP contribution in [0, 0.1) is 5.82 Å². The monoisotopic (exact) mass is 442 g/mol. The van der Waals surface area contributed by atoms with Crippen LogP contribution < -0.4 is 4.90 Å². The highest BCUT2D eigenvalue weighted by molar-refractivity contribution is 7.91. The highest BCUT2D eigenvalue weighted by Gasteiger charge is 2.32. The molecule has 2 aromatic carbocycles. The van der Waals surface area contributed by atoms with Gasteiger partial charge in [-0.05, 0) is 42.0 Å². The first-order chi connectivity index (χ1) is 14.4. The van der Waals surface area contributed by atoms with Crippen molar-refractivity contribution in [3.8, 4) is 10.4 Å². The van der Waals surface area contributed by atoms with Gasteiger partial charge in [-0.3, -0.25) is 4.79 Å². The van der Waals surface area contributed by atoms with Crippen LogP contribution >= 0.6 is 11.3 Å². The number of sulfone groups is 1. The molecule has 1 fully saturated rings. The molecule has 0 unspecified atom stereocenters. The molecule has 0 atom stereocenters. The van der Waals surface area contributed by atoms with Gasteiger partial charge < -0.3 is 9.80 Å². The van der Waals surface area contributed by atoms with Crippen molar-refractivity contribution in [1.82, 2.24) is 4.90 Å². The Morgan fingerprint density at radius 3 is 2.40 bits per heavy atom. The van der Waals surface area contributed by atoms with Gasteiger partial charge in [-0.1, -0.05) is 18.2 Å². The molecule has 3 heterocycles. The average molecular weight is 443 g/mol. The van der Waals surface area contributed by atoms with E-state index >= 15 is 0 Å². The van der Waals surface area contributed by atoms with E-state index in [9.17, 15) is 17.6 Å². The van der Waals surface area contributed by atoms with Gasteiger partial charge in [0.1, 0.15) is 5.82 Å². The average Bonchev–Trinajstić information content (AvgIpc) is 3.17. The van der Waals surface area contributed by atoms with E-state index in [4.69, 9.17) is 0 Å². The van der Waals surface area contributed by atoms with Crippen LogP contribution in [-0.4, -0.2) is 45.4 Å². The molecule has 1 aromatic heterocycles. The first-order valence-electron chi connectivity index (χ1n) is 9.67. The zero-order valence-corrected chi connectivity index (χ0v) is 17.7. The quantitative estimate of drug-likeness (QED) is 0.606. The predicted molar refractivity (Wildman–Crippen MR) is 115 cm³/mol. The van der Waals surface area contributed by atoms with Gasteiger partial charge >= 0.3 is 0 Å². The number of anilines is 1. The summed E-state index contributed by atoms with van der Waals surface area (Å²) in [5, 5.41) is 0. The molecule has 0 aliphatic carbocycles. The molecule has 3 aromatic rings. The van der Waals surface area contributed by atoms with Gasteiger partial charge in [0.05, 0.1) is 15.5 Å². The van der Waals surface area contributed by atoms with Crippen molar-refractivity contribution < 1.29 is 17.6 Å². The lowest BCUT2D eigenvalue weighted by atomic mass is 10.1. The number of nitrogens with zero attached hydrogens (tertiary/aromatic N) is 2. The summed E-state index contributed by atoms with van der Waals surface area (Å²) < 4.78 is 38.3. The molecule has 30 heavy (non-hydrogen) atoms. The Morgan fingerprint density at radius 2 is 1.67 bits per heavy atom. The van der Waals surface area contributed by atoms with Crippen molar-refractivity contribution in [3.05, 3.63) is 70.9 Å². The van der Waals surface area contributed by atoms with E-state index in [1.807, 2.05) is 6.07 Å². The Balaban J connectivity index is 1.35. The summed E-state index contributed by atoms with van der Waals surface area (Å²) in [5.41, 5.74) is 2.33. The minimum atomic E-state index is -3.39. The van der Waals surface area contributed by atoms with Crippen LogP contribution in [0.3, 0.4) is 0 Å². The summed E-state index contributed by atoms with van der Waals surface area (Å²) >= 11 is 1.37. The Morgan fingerprint density at radius 1 is 0.967 bits per heavy atom. The molecule has 0 radical (unpaired) electrons. The molecule has 2 aliphatic rings. The van der Waals surface area contributed by atoms with Gasteiger partial charge in [0.25, 0.3) is 5.91 Å². The standard InChI is InChI=1S/C22H19FN2O3S2/c23-16-5-7-17(8-6-16)24-9-11-25(12-10-24)22(26)19-13-15-14-30(27,28)20-4-2-1-3-18(20)21(15)29-19/h1-8,13H,9-12,14H2. The second-order valence-corrected chi connectivity index (χ2v) is 10.5. The van der Waals surface area contributed by atoms with Crippen molar-refractivity contribution in [3.63, 3.8) is 0 Å². The van der Waals surface area contributed by atoms with E-state index in [0.29, 0.717) is 47.1 Å². The van der Waals surface area contributed by atoms with E-state index in [-0.39, 0.29) is 17.5 Å². The van der Waals surface area contributed by atoms with Gasteiger partial charge in [0.15, 0.2) is 9.84 Å². The number of benzene rings is 2. The first kappa shape index (κ1) is 19.3. The van der Waals surface area contributed by atoms with Gasteiger partial charge in [0.2, 0.25) is 0 Å². The van der Waals surface area contributed by atoms with Crippen LogP contribution in [0.1, 0.15) is 15.2 Å². The smallest absolute Gasteiger partial charge is 0.264 e. The largest absolute Gasteiger partial charge is 0.368 e. The van der Waals surface area contributed by atoms with Gasteiger partial charge in [0, 0.05) is 42.3 Å². The Labute approximate surface area is 178 Å². The highest BCUT2D eigenvalue weighted by atomic mass is 32.2. The normalized spacial score (nSPS) is 17.4. The molecule has 0 spiro atoms. The molecule has 2 aliphatic heterocycles. The number of carbonyl (C=O) groups excluding carboxylic acids is 1. The second-order valence-electron chi connectivity index (χ2n) is 7.48. The zero-order chi connectivity index (χ0) is 20.9. The lowest BCUT2D eigenvalue weighted by Gasteiger charge is -2.36. The lowest BCUT2D eigenvalue weighted by molar-refractivity contribution is 0.0751. The maximum Gasteiger partial charge on any atom is 0.264 e. The van der Waals surface area contributed by atoms with Gasteiger partial charge in [-0.2, -0.15) is 0 Å². The molecule has 5 rings (SSSR count). The maximum atomic E-state index is 13.1. The number of carbonyl (C=O) groups is 1. The molecule has 1 saturated heterocycles. The number of rotatable bonds is 2. The topological polar surface area (TPSA) is 57.7 Å². The summed E-state index contributed by atoms with van der Waals surface area (Å²) in [6.07, 6.45) is 0. The third-order valence-electron chi connectivity index (χ3n) is 5.59. The summed E-state index contributed by atoms with van der Waals surface area (Å²) in [6.45, 7) is 2.46. The van der Waals surface area contributed by atoms with Crippen molar-refractivity contribution in [2.45, 2.75) is 10.6 Å². The minimum absolute atomic E-state index is 0.0666. The summed E-state index contributed by atoms with van der Waals surface area (Å²) in [5.74, 6) is -0.401. The Hall–Kier alpha value is -2.71.